The Morgan fingerprint density at radius 1 is 1.12 bits per heavy atom. The molecule has 2 aliphatic heterocycles. The van der Waals surface area contributed by atoms with Crippen LogP contribution < -0.4 is 0 Å². The van der Waals surface area contributed by atoms with Gasteiger partial charge in [0.1, 0.15) is 6.33 Å². The van der Waals surface area contributed by atoms with Gasteiger partial charge >= 0.3 is 0 Å². The maximum atomic E-state index is 3.97. The fraction of sp³-hybridized carbons (Fsp3) is 0.421. The maximum Gasteiger partial charge on any atom is 0.139 e. The van der Waals surface area contributed by atoms with Crippen LogP contribution >= 0.6 is 0 Å². The molecular formula is C19H23N7. The monoisotopic (exact) mass is 349 g/mol. The van der Waals surface area contributed by atoms with Gasteiger partial charge < -0.3 is 4.90 Å². The van der Waals surface area contributed by atoms with Crippen molar-refractivity contribution in [3.8, 4) is 11.8 Å². The molecule has 0 radical (unpaired) electrons. The second-order valence-electron chi connectivity index (χ2n) is 6.84. The molecule has 0 bridgehead atoms. The number of benzene rings is 1. The number of hydrogen-bond acceptors (Lipinski definition) is 6. The molecule has 0 spiro atoms. The quantitative estimate of drug-likeness (QED) is 0.766. The molecule has 0 aliphatic carbocycles. The average molecular weight is 349 g/mol. The number of hydrogen-bond donors (Lipinski definition) is 0. The van der Waals surface area contributed by atoms with Crippen molar-refractivity contribution in [1.29, 1.82) is 0 Å². The van der Waals surface area contributed by atoms with Gasteiger partial charge in [-0.15, -0.1) is 5.10 Å². The van der Waals surface area contributed by atoms with Crippen molar-refractivity contribution in [2.45, 2.75) is 13.1 Å². The molecule has 0 amide bonds. The summed E-state index contributed by atoms with van der Waals surface area (Å²) in [5.41, 5.74) is 4.05. The van der Waals surface area contributed by atoms with Crippen molar-refractivity contribution in [3.63, 3.8) is 0 Å². The summed E-state index contributed by atoms with van der Waals surface area (Å²) in [5, 5.41) is 11.4. The van der Waals surface area contributed by atoms with Crippen molar-refractivity contribution in [3.05, 3.63) is 53.5 Å². The van der Waals surface area contributed by atoms with Crippen LogP contribution in [0.2, 0.25) is 0 Å². The van der Waals surface area contributed by atoms with E-state index in [4.69, 9.17) is 0 Å². The summed E-state index contributed by atoms with van der Waals surface area (Å²) >= 11 is 0. The van der Waals surface area contributed by atoms with E-state index in [1.807, 2.05) is 18.2 Å². The lowest BCUT2D eigenvalue weighted by molar-refractivity contribution is 0.110. The van der Waals surface area contributed by atoms with Gasteiger partial charge in [-0.25, -0.2) is 4.68 Å². The van der Waals surface area contributed by atoms with Gasteiger partial charge in [0.05, 0.1) is 19.9 Å². The standard InChI is InChI=1S/C19H23N7/c1-23-15-25(16-26-14-20-21-22-26)13-18-12-24(11-9-19(18)23)10-5-8-17-6-3-2-4-7-17/h2-4,6-7,14H,9-13,15-16H2,1H3. The van der Waals surface area contributed by atoms with Crippen LogP contribution in [0.15, 0.2) is 47.9 Å². The number of rotatable bonds is 3. The minimum Gasteiger partial charge on any atom is -0.365 e. The fourth-order valence-electron chi connectivity index (χ4n) is 3.64. The summed E-state index contributed by atoms with van der Waals surface area (Å²) in [6.07, 6.45) is 2.76. The highest BCUT2D eigenvalue weighted by atomic mass is 15.6. The maximum absolute atomic E-state index is 3.97. The molecule has 1 aromatic heterocycles. The Morgan fingerprint density at radius 2 is 1.96 bits per heavy atom. The Bertz CT molecular complexity index is 817. The zero-order valence-electron chi connectivity index (χ0n) is 15.0. The van der Waals surface area contributed by atoms with E-state index >= 15 is 0 Å². The lowest BCUT2D eigenvalue weighted by Gasteiger charge is -2.42. The summed E-state index contributed by atoms with van der Waals surface area (Å²) in [7, 11) is 2.17. The summed E-state index contributed by atoms with van der Waals surface area (Å²) in [5.74, 6) is 6.58. The highest BCUT2D eigenvalue weighted by Gasteiger charge is 2.27. The first-order valence-corrected chi connectivity index (χ1v) is 8.89. The number of tetrazole rings is 1. The molecule has 4 rings (SSSR count). The molecule has 0 N–H and O–H groups in total. The second-order valence-corrected chi connectivity index (χ2v) is 6.84. The van der Waals surface area contributed by atoms with Gasteiger partial charge in [0.25, 0.3) is 0 Å². The first kappa shape index (κ1) is 16.8. The van der Waals surface area contributed by atoms with Crippen molar-refractivity contribution in [2.24, 2.45) is 0 Å². The molecule has 134 valence electrons. The van der Waals surface area contributed by atoms with Crippen LogP contribution in [0.3, 0.4) is 0 Å². The van der Waals surface area contributed by atoms with Crippen molar-refractivity contribution < 1.29 is 0 Å². The average Bonchev–Trinajstić information content (AvgIpc) is 3.15. The van der Waals surface area contributed by atoms with Crippen LogP contribution in [0.25, 0.3) is 0 Å². The van der Waals surface area contributed by atoms with Gasteiger partial charge in [-0.3, -0.25) is 9.80 Å². The van der Waals surface area contributed by atoms with E-state index in [0.717, 1.165) is 44.8 Å². The van der Waals surface area contributed by atoms with Gasteiger partial charge in [0.15, 0.2) is 0 Å². The Labute approximate surface area is 153 Å². The lowest BCUT2D eigenvalue weighted by Crippen LogP contribution is -2.48. The van der Waals surface area contributed by atoms with Crippen molar-refractivity contribution in [2.75, 3.05) is 39.9 Å². The van der Waals surface area contributed by atoms with Crippen LogP contribution in [0.1, 0.15) is 12.0 Å². The molecule has 7 nitrogen and oxygen atoms in total. The zero-order valence-corrected chi connectivity index (χ0v) is 15.0. The van der Waals surface area contributed by atoms with Crippen molar-refractivity contribution >= 4 is 0 Å². The Kier molecular flexibility index (Phi) is 4.95. The Balaban J connectivity index is 1.38. The van der Waals surface area contributed by atoms with E-state index in [1.165, 1.54) is 11.3 Å². The largest absolute Gasteiger partial charge is 0.365 e. The predicted octanol–water partition coefficient (Wildman–Crippen LogP) is 0.847. The van der Waals surface area contributed by atoms with E-state index in [0.29, 0.717) is 6.67 Å². The third kappa shape index (κ3) is 3.93. The van der Waals surface area contributed by atoms with Gasteiger partial charge in [0.2, 0.25) is 0 Å². The summed E-state index contributed by atoms with van der Waals surface area (Å²) in [4.78, 5) is 7.15. The highest BCUT2D eigenvalue weighted by Crippen LogP contribution is 2.25. The van der Waals surface area contributed by atoms with Crippen LogP contribution in [0.4, 0.5) is 0 Å². The SMILES string of the molecule is CN1CN(Cn2cnnn2)CC2=C1CCN(CC#Cc1ccccc1)C2. The number of nitrogens with zero attached hydrogens (tertiary/aromatic N) is 7. The van der Waals surface area contributed by atoms with E-state index in [2.05, 4.69) is 61.2 Å². The molecule has 7 heteroatoms. The third-order valence-corrected chi connectivity index (χ3v) is 4.82. The van der Waals surface area contributed by atoms with E-state index < -0.39 is 0 Å². The zero-order chi connectivity index (χ0) is 17.8. The minimum atomic E-state index is 0.710. The first-order valence-electron chi connectivity index (χ1n) is 8.89. The lowest BCUT2D eigenvalue weighted by atomic mass is 10.0. The minimum absolute atomic E-state index is 0.710. The van der Waals surface area contributed by atoms with E-state index in [-0.39, 0.29) is 0 Å². The molecule has 1 aromatic carbocycles. The van der Waals surface area contributed by atoms with Gasteiger partial charge in [-0.05, 0) is 28.1 Å². The normalized spacial score (nSPS) is 18.4. The highest BCUT2D eigenvalue weighted by molar-refractivity contribution is 5.34. The molecule has 0 atom stereocenters. The summed E-state index contributed by atoms with van der Waals surface area (Å²) < 4.78 is 1.77. The molecular weight excluding hydrogens is 326 g/mol. The molecule has 0 saturated heterocycles. The van der Waals surface area contributed by atoms with Gasteiger partial charge in [-0.2, -0.15) is 0 Å². The van der Waals surface area contributed by atoms with E-state index in [1.54, 1.807) is 11.0 Å². The molecule has 2 aliphatic rings. The van der Waals surface area contributed by atoms with Gasteiger partial charge in [0, 0.05) is 44.4 Å². The predicted molar refractivity (Wildman–Crippen MR) is 98.6 cm³/mol. The second kappa shape index (κ2) is 7.68. The Morgan fingerprint density at radius 3 is 2.77 bits per heavy atom. The Hall–Kier alpha value is -2.69. The van der Waals surface area contributed by atoms with Gasteiger partial charge in [-0.1, -0.05) is 30.0 Å². The fourth-order valence-corrected chi connectivity index (χ4v) is 3.64. The molecule has 0 saturated carbocycles. The first-order chi connectivity index (χ1) is 12.8. The summed E-state index contributed by atoms with van der Waals surface area (Å²) in [6, 6.07) is 10.2. The van der Waals surface area contributed by atoms with Crippen LogP contribution in [0, 0.1) is 11.8 Å². The molecule has 3 heterocycles. The molecule has 0 unspecified atom stereocenters. The third-order valence-electron chi connectivity index (χ3n) is 4.82. The van der Waals surface area contributed by atoms with Crippen molar-refractivity contribution in [1.82, 2.24) is 34.9 Å². The van der Waals surface area contributed by atoms with E-state index in [9.17, 15) is 0 Å². The topological polar surface area (TPSA) is 53.3 Å². The van der Waals surface area contributed by atoms with Crippen LogP contribution in [-0.2, 0) is 6.67 Å². The molecule has 0 fully saturated rings. The molecule has 2 aromatic rings. The van der Waals surface area contributed by atoms with Crippen LogP contribution in [0.5, 0.6) is 0 Å². The smallest absolute Gasteiger partial charge is 0.139 e. The van der Waals surface area contributed by atoms with Crippen LogP contribution in [-0.4, -0.2) is 74.8 Å². The number of aromatic nitrogens is 4. The molecule has 26 heavy (non-hydrogen) atoms. The summed E-state index contributed by atoms with van der Waals surface area (Å²) in [6.45, 7) is 5.44.